The average Bonchev–Trinajstić information content (AvgIpc) is 2.09. The second kappa shape index (κ2) is 6.50. The Morgan fingerprint density at radius 2 is 1.93 bits per heavy atom. The molecule has 0 fully saturated rings. The molecule has 0 amide bonds. The van der Waals surface area contributed by atoms with Gasteiger partial charge in [-0.25, -0.2) is 0 Å². The molecule has 0 saturated heterocycles. The fourth-order valence-corrected chi connectivity index (χ4v) is 1.80. The minimum absolute atomic E-state index is 0.395. The van der Waals surface area contributed by atoms with Gasteiger partial charge in [-0.05, 0) is 6.42 Å². The van der Waals surface area contributed by atoms with Gasteiger partial charge in [0.25, 0.3) is 0 Å². The van der Waals surface area contributed by atoms with Crippen LogP contribution in [0.1, 0.15) is 26.2 Å². The van der Waals surface area contributed by atoms with Crippen LogP contribution in [0.25, 0.3) is 0 Å². The Kier molecular flexibility index (Phi) is 6.51. The van der Waals surface area contributed by atoms with Crippen LogP contribution in [-0.2, 0) is 0 Å². The summed E-state index contributed by atoms with van der Waals surface area (Å²) in [7, 11) is -1.35. The number of hydrogen-bond acceptors (Lipinski definition) is 1. The normalized spacial score (nSPS) is 15.6. The van der Waals surface area contributed by atoms with Crippen LogP contribution in [-0.4, -0.2) is 24.7 Å². The van der Waals surface area contributed by atoms with Crippen molar-refractivity contribution in [3.8, 4) is 11.5 Å². The van der Waals surface area contributed by atoms with Gasteiger partial charge in [-0.15, -0.1) is 17.1 Å². The third-order valence-corrected chi connectivity index (χ3v) is 3.07. The molecule has 0 aromatic heterocycles. The van der Waals surface area contributed by atoms with Gasteiger partial charge in [0.15, 0.2) is 0 Å². The van der Waals surface area contributed by atoms with E-state index in [0.717, 1.165) is 19.3 Å². The van der Waals surface area contributed by atoms with E-state index in [9.17, 15) is 5.11 Å². The minimum atomic E-state index is -1.35. The number of unbranched alkanes of at least 4 members (excludes halogenated alkanes) is 1. The fourth-order valence-electron chi connectivity index (χ4n) is 0.941. The minimum Gasteiger partial charge on any atom is -0.391 e. The summed E-state index contributed by atoms with van der Waals surface area (Å²) >= 11 is 5.97. The molecule has 14 heavy (non-hydrogen) atoms. The smallest absolute Gasteiger partial charge is 0.129 e. The van der Waals surface area contributed by atoms with Crippen molar-refractivity contribution in [2.75, 3.05) is 0 Å². The molecule has 0 heterocycles. The van der Waals surface area contributed by atoms with Crippen LogP contribution < -0.4 is 0 Å². The molecule has 0 aromatic carbocycles. The average molecular weight is 233 g/mol. The van der Waals surface area contributed by atoms with E-state index in [1.54, 1.807) is 0 Å². The van der Waals surface area contributed by atoms with Crippen LogP contribution in [0.5, 0.6) is 0 Å². The maximum Gasteiger partial charge on any atom is 0.129 e. The number of alkyl halides is 1. The topological polar surface area (TPSA) is 20.2 Å². The van der Waals surface area contributed by atoms with E-state index < -0.39 is 19.6 Å². The van der Waals surface area contributed by atoms with E-state index in [1.807, 2.05) is 0 Å². The Labute approximate surface area is 93.9 Å². The van der Waals surface area contributed by atoms with Crippen LogP contribution in [0, 0.1) is 11.5 Å². The molecular weight excluding hydrogens is 212 g/mol. The van der Waals surface area contributed by atoms with E-state index >= 15 is 0 Å². The molecule has 82 valence electrons. The monoisotopic (exact) mass is 232 g/mol. The molecular formula is C11H21ClOSi. The number of aliphatic hydroxyl groups excluding tert-OH is 1. The van der Waals surface area contributed by atoms with Gasteiger partial charge in [0.05, 0.1) is 6.10 Å². The first-order chi connectivity index (χ1) is 6.37. The second-order valence-electron chi connectivity index (χ2n) is 4.63. The Bertz CT molecular complexity index is 212. The quantitative estimate of drug-likeness (QED) is 0.449. The van der Waals surface area contributed by atoms with Crippen molar-refractivity contribution in [2.24, 2.45) is 0 Å². The van der Waals surface area contributed by atoms with Gasteiger partial charge in [0.1, 0.15) is 13.5 Å². The molecule has 3 heteroatoms. The van der Waals surface area contributed by atoms with E-state index in [-0.39, 0.29) is 0 Å². The van der Waals surface area contributed by atoms with E-state index in [2.05, 4.69) is 38.0 Å². The highest BCUT2D eigenvalue weighted by molar-refractivity contribution is 6.83. The molecule has 0 aromatic rings. The summed E-state index contributed by atoms with van der Waals surface area (Å²) in [4.78, 5) is 0. The lowest BCUT2D eigenvalue weighted by atomic mass is 10.1. The summed E-state index contributed by atoms with van der Waals surface area (Å²) < 4.78 is 0. The summed E-state index contributed by atoms with van der Waals surface area (Å²) in [6, 6.07) is 0. The summed E-state index contributed by atoms with van der Waals surface area (Å²) in [6.07, 6.45) is 2.38. The molecule has 2 atom stereocenters. The molecule has 0 aliphatic heterocycles. The van der Waals surface area contributed by atoms with Gasteiger partial charge in [-0.3, -0.25) is 0 Å². The van der Waals surface area contributed by atoms with Crippen molar-refractivity contribution in [1.29, 1.82) is 0 Å². The Morgan fingerprint density at radius 3 is 2.36 bits per heavy atom. The molecule has 0 spiro atoms. The zero-order valence-electron chi connectivity index (χ0n) is 9.60. The first-order valence-corrected chi connectivity index (χ1v) is 9.15. The van der Waals surface area contributed by atoms with E-state index in [1.165, 1.54) is 0 Å². The summed E-state index contributed by atoms with van der Waals surface area (Å²) in [5, 5.41) is 9.23. The summed E-state index contributed by atoms with van der Waals surface area (Å²) in [6.45, 7) is 8.61. The van der Waals surface area contributed by atoms with Gasteiger partial charge >= 0.3 is 0 Å². The third kappa shape index (κ3) is 7.43. The molecule has 0 rings (SSSR count). The van der Waals surface area contributed by atoms with E-state index in [0.29, 0.717) is 0 Å². The van der Waals surface area contributed by atoms with Crippen molar-refractivity contribution >= 4 is 19.7 Å². The highest BCUT2D eigenvalue weighted by Gasteiger charge is 2.14. The van der Waals surface area contributed by atoms with Gasteiger partial charge in [0.2, 0.25) is 0 Å². The summed E-state index contributed by atoms with van der Waals surface area (Å²) in [5.74, 6) is 2.96. The zero-order chi connectivity index (χ0) is 11.2. The molecule has 0 unspecified atom stereocenters. The SMILES string of the molecule is CCCC[C@@H](O)[C@@H](Cl)C#C[Si](C)(C)C. The van der Waals surface area contributed by atoms with Crippen LogP contribution in [0.4, 0.5) is 0 Å². The zero-order valence-corrected chi connectivity index (χ0v) is 11.4. The van der Waals surface area contributed by atoms with Crippen LogP contribution in [0.2, 0.25) is 19.6 Å². The largest absolute Gasteiger partial charge is 0.391 e. The molecule has 1 nitrogen and oxygen atoms in total. The Balaban J connectivity index is 4.04. The predicted octanol–water partition coefficient (Wildman–Crippen LogP) is 3.03. The highest BCUT2D eigenvalue weighted by atomic mass is 35.5. The fraction of sp³-hybridized carbons (Fsp3) is 0.818. The van der Waals surface area contributed by atoms with Crippen LogP contribution in [0.3, 0.4) is 0 Å². The van der Waals surface area contributed by atoms with Crippen molar-refractivity contribution in [3.63, 3.8) is 0 Å². The van der Waals surface area contributed by atoms with Crippen LogP contribution in [0.15, 0.2) is 0 Å². The number of halogens is 1. The Morgan fingerprint density at radius 1 is 1.36 bits per heavy atom. The summed E-state index contributed by atoms with van der Waals surface area (Å²) in [5.41, 5.74) is 3.18. The Hall–Kier alpha value is 0.0269. The van der Waals surface area contributed by atoms with Gasteiger partial charge < -0.3 is 5.11 Å². The maximum atomic E-state index is 9.63. The molecule has 1 N–H and O–H groups in total. The van der Waals surface area contributed by atoms with Gasteiger partial charge in [-0.1, -0.05) is 45.3 Å². The maximum absolute atomic E-state index is 9.63. The van der Waals surface area contributed by atoms with Gasteiger partial charge in [-0.2, -0.15) is 0 Å². The first-order valence-electron chi connectivity index (χ1n) is 5.21. The third-order valence-electron chi connectivity index (χ3n) is 1.78. The lowest BCUT2D eigenvalue weighted by Gasteiger charge is -2.12. The molecule has 0 aliphatic rings. The lowest BCUT2D eigenvalue weighted by Crippen LogP contribution is -2.22. The molecule has 0 aliphatic carbocycles. The lowest BCUT2D eigenvalue weighted by molar-refractivity contribution is 0.170. The number of rotatable bonds is 4. The number of aliphatic hydroxyl groups is 1. The van der Waals surface area contributed by atoms with E-state index in [4.69, 9.17) is 11.6 Å². The van der Waals surface area contributed by atoms with Crippen molar-refractivity contribution < 1.29 is 5.11 Å². The van der Waals surface area contributed by atoms with Gasteiger partial charge in [0, 0.05) is 0 Å². The standard InChI is InChI=1S/C11H21ClOSi/c1-5-6-7-11(13)10(12)8-9-14(2,3)4/h10-11,13H,5-7H2,1-4H3/t10-,11+/m0/s1. The molecule has 0 bridgehead atoms. The number of hydrogen-bond donors (Lipinski definition) is 1. The van der Waals surface area contributed by atoms with Crippen molar-refractivity contribution in [3.05, 3.63) is 0 Å². The second-order valence-corrected chi connectivity index (χ2v) is 9.85. The predicted molar refractivity (Wildman–Crippen MR) is 66.3 cm³/mol. The van der Waals surface area contributed by atoms with Crippen LogP contribution >= 0.6 is 11.6 Å². The van der Waals surface area contributed by atoms with Crippen molar-refractivity contribution in [1.82, 2.24) is 0 Å². The van der Waals surface area contributed by atoms with Crippen molar-refractivity contribution in [2.45, 2.75) is 57.3 Å². The highest BCUT2D eigenvalue weighted by Crippen LogP contribution is 2.10. The first kappa shape index (κ1) is 14.0. The molecule has 0 radical (unpaired) electrons. The molecule has 0 saturated carbocycles.